The fourth-order valence-electron chi connectivity index (χ4n) is 2.97. The van der Waals surface area contributed by atoms with E-state index < -0.39 is 6.03 Å². The second-order valence-electron chi connectivity index (χ2n) is 6.41. The summed E-state index contributed by atoms with van der Waals surface area (Å²) >= 11 is 0. The fraction of sp³-hybridized carbons (Fsp3) is 0.368. The van der Waals surface area contributed by atoms with Crippen molar-refractivity contribution in [2.24, 2.45) is 0 Å². The first-order valence-electron chi connectivity index (χ1n) is 9.02. The highest BCUT2D eigenvalue weighted by molar-refractivity contribution is 5.96. The van der Waals surface area contributed by atoms with Gasteiger partial charge in [-0.15, -0.1) is 0 Å². The second-order valence-corrected chi connectivity index (χ2v) is 6.41. The molecule has 1 aliphatic heterocycles. The maximum absolute atomic E-state index is 12.4. The van der Waals surface area contributed by atoms with Crippen molar-refractivity contribution >= 4 is 17.9 Å². The Bertz CT molecular complexity index is 747. The molecule has 1 atom stereocenters. The molecule has 1 aromatic heterocycles. The molecular formula is C19H24N6O2. The number of piperazine rings is 1. The van der Waals surface area contributed by atoms with Crippen molar-refractivity contribution in [3.8, 4) is 0 Å². The Morgan fingerprint density at radius 1 is 1.04 bits per heavy atom. The van der Waals surface area contributed by atoms with Gasteiger partial charge in [0.15, 0.2) is 0 Å². The van der Waals surface area contributed by atoms with Gasteiger partial charge >= 0.3 is 6.03 Å². The zero-order chi connectivity index (χ0) is 19.1. The molecule has 0 bridgehead atoms. The zero-order valence-corrected chi connectivity index (χ0v) is 15.3. The molecule has 3 rings (SSSR count). The molecule has 27 heavy (non-hydrogen) atoms. The molecular weight excluding hydrogens is 344 g/mol. The van der Waals surface area contributed by atoms with Crippen molar-refractivity contribution in [1.29, 1.82) is 0 Å². The zero-order valence-electron chi connectivity index (χ0n) is 15.3. The highest BCUT2D eigenvalue weighted by Crippen LogP contribution is 2.11. The van der Waals surface area contributed by atoms with Crippen LogP contribution in [0.1, 0.15) is 12.5 Å². The van der Waals surface area contributed by atoms with Crippen LogP contribution < -0.4 is 15.5 Å². The van der Waals surface area contributed by atoms with Gasteiger partial charge in [0.1, 0.15) is 0 Å². The molecule has 2 heterocycles. The summed E-state index contributed by atoms with van der Waals surface area (Å²) in [6, 6.07) is 10.5. The van der Waals surface area contributed by atoms with Gasteiger partial charge in [-0.3, -0.25) is 15.0 Å². The van der Waals surface area contributed by atoms with E-state index in [0.717, 1.165) is 18.7 Å². The van der Waals surface area contributed by atoms with Gasteiger partial charge in [0.2, 0.25) is 11.9 Å². The van der Waals surface area contributed by atoms with Crippen molar-refractivity contribution in [3.63, 3.8) is 0 Å². The number of amides is 3. The first kappa shape index (κ1) is 18.8. The molecule has 0 saturated carbocycles. The van der Waals surface area contributed by atoms with Gasteiger partial charge < -0.3 is 10.2 Å². The summed E-state index contributed by atoms with van der Waals surface area (Å²) < 4.78 is 0. The van der Waals surface area contributed by atoms with Gasteiger partial charge in [-0.05, 0) is 18.6 Å². The minimum Gasteiger partial charge on any atom is -0.338 e. The fourth-order valence-corrected chi connectivity index (χ4v) is 2.97. The quantitative estimate of drug-likeness (QED) is 0.819. The Kier molecular flexibility index (Phi) is 6.32. The van der Waals surface area contributed by atoms with Gasteiger partial charge in [-0.25, -0.2) is 14.8 Å². The number of benzene rings is 1. The number of carbonyl (C=O) groups excluding carboxylic acids is 2. The Hall–Kier alpha value is -3.00. The first-order valence-corrected chi connectivity index (χ1v) is 9.02. The molecule has 1 saturated heterocycles. The van der Waals surface area contributed by atoms with Crippen LogP contribution in [0, 0.1) is 0 Å². The van der Waals surface area contributed by atoms with Crippen molar-refractivity contribution in [3.05, 3.63) is 54.4 Å². The Balaban J connectivity index is 1.43. The molecule has 0 unspecified atom stereocenters. The summed E-state index contributed by atoms with van der Waals surface area (Å²) in [7, 11) is 0. The smallest absolute Gasteiger partial charge is 0.321 e. The largest absolute Gasteiger partial charge is 0.338 e. The average molecular weight is 368 g/mol. The molecule has 2 aromatic rings. The third-order valence-electron chi connectivity index (χ3n) is 4.61. The van der Waals surface area contributed by atoms with Crippen LogP contribution in [0.4, 0.5) is 10.7 Å². The number of hydrogen-bond donors (Lipinski definition) is 2. The lowest BCUT2D eigenvalue weighted by Gasteiger charge is -2.37. The van der Waals surface area contributed by atoms with E-state index in [1.54, 1.807) is 18.5 Å². The van der Waals surface area contributed by atoms with Crippen LogP contribution in [0.2, 0.25) is 0 Å². The number of rotatable bonds is 5. The highest BCUT2D eigenvalue weighted by Gasteiger charge is 2.27. The molecule has 142 valence electrons. The van der Waals surface area contributed by atoms with Gasteiger partial charge in [0.25, 0.3) is 0 Å². The maximum Gasteiger partial charge on any atom is 0.321 e. The molecule has 0 radical (unpaired) electrons. The number of nitrogens with one attached hydrogen (secondary N) is 2. The van der Waals surface area contributed by atoms with E-state index in [1.807, 2.05) is 37.3 Å². The van der Waals surface area contributed by atoms with Crippen LogP contribution in [-0.2, 0) is 11.3 Å². The molecule has 0 aliphatic carbocycles. The predicted molar refractivity (Wildman–Crippen MR) is 102 cm³/mol. The number of nitrogens with zero attached hydrogens (tertiary/aromatic N) is 4. The topological polar surface area (TPSA) is 90.5 Å². The average Bonchev–Trinajstić information content (AvgIpc) is 2.73. The standard InChI is InChI=1S/C19H24N6O2/c1-15(17(26)23-19(27)22-14-16-6-3-2-4-7-16)24-10-12-25(13-11-24)18-20-8-5-9-21-18/h2-9,15H,10-14H2,1H3,(H2,22,23,26,27)/t15-/m1/s1. The Morgan fingerprint density at radius 2 is 1.70 bits per heavy atom. The molecule has 8 heteroatoms. The van der Waals surface area contributed by atoms with Crippen LogP contribution >= 0.6 is 0 Å². The summed E-state index contributed by atoms with van der Waals surface area (Å²) in [5.41, 5.74) is 0.979. The molecule has 0 spiro atoms. The summed E-state index contributed by atoms with van der Waals surface area (Å²) in [5.74, 6) is 0.402. The van der Waals surface area contributed by atoms with Gasteiger partial charge in [0.05, 0.1) is 6.04 Å². The van der Waals surface area contributed by atoms with Gasteiger partial charge in [0, 0.05) is 45.1 Å². The Morgan fingerprint density at radius 3 is 2.37 bits per heavy atom. The maximum atomic E-state index is 12.4. The normalized spacial score (nSPS) is 15.8. The van der Waals surface area contributed by atoms with Crippen molar-refractivity contribution < 1.29 is 9.59 Å². The number of anilines is 1. The monoisotopic (exact) mass is 368 g/mol. The first-order chi connectivity index (χ1) is 13.1. The van der Waals surface area contributed by atoms with Crippen LogP contribution in [-0.4, -0.2) is 59.0 Å². The van der Waals surface area contributed by atoms with Crippen molar-refractivity contribution in [1.82, 2.24) is 25.5 Å². The molecule has 1 aromatic carbocycles. The van der Waals surface area contributed by atoms with E-state index in [4.69, 9.17) is 0 Å². The lowest BCUT2D eigenvalue weighted by atomic mass is 10.2. The SMILES string of the molecule is C[C@H](C(=O)NC(=O)NCc1ccccc1)N1CCN(c2ncccn2)CC1. The number of aromatic nitrogens is 2. The number of carbonyl (C=O) groups is 2. The Labute approximate surface area is 158 Å². The van der Waals surface area contributed by atoms with E-state index in [1.165, 1.54) is 0 Å². The molecule has 1 fully saturated rings. The van der Waals surface area contributed by atoms with E-state index in [9.17, 15) is 9.59 Å². The molecule has 3 amide bonds. The third kappa shape index (κ3) is 5.24. The van der Waals surface area contributed by atoms with E-state index in [-0.39, 0.29) is 11.9 Å². The minimum atomic E-state index is -0.480. The third-order valence-corrected chi connectivity index (χ3v) is 4.61. The highest BCUT2D eigenvalue weighted by atomic mass is 16.2. The number of imide groups is 1. The van der Waals surface area contributed by atoms with Gasteiger partial charge in [-0.1, -0.05) is 30.3 Å². The lowest BCUT2D eigenvalue weighted by molar-refractivity contribution is -0.124. The van der Waals surface area contributed by atoms with Gasteiger partial charge in [-0.2, -0.15) is 0 Å². The van der Waals surface area contributed by atoms with Crippen LogP contribution in [0.25, 0.3) is 0 Å². The number of urea groups is 1. The van der Waals surface area contributed by atoms with E-state index >= 15 is 0 Å². The summed E-state index contributed by atoms with van der Waals surface area (Å²) in [6.07, 6.45) is 3.44. The minimum absolute atomic E-state index is 0.301. The van der Waals surface area contributed by atoms with Crippen LogP contribution in [0.15, 0.2) is 48.8 Å². The number of hydrogen-bond acceptors (Lipinski definition) is 6. The molecule has 1 aliphatic rings. The summed E-state index contributed by atoms with van der Waals surface area (Å²) in [6.45, 7) is 5.08. The van der Waals surface area contributed by atoms with Crippen molar-refractivity contribution in [2.45, 2.75) is 19.5 Å². The van der Waals surface area contributed by atoms with Crippen LogP contribution in [0.5, 0.6) is 0 Å². The predicted octanol–water partition coefficient (Wildman–Crippen LogP) is 1.01. The van der Waals surface area contributed by atoms with Crippen LogP contribution in [0.3, 0.4) is 0 Å². The van der Waals surface area contributed by atoms with E-state index in [2.05, 4.69) is 30.4 Å². The molecule has 8 nitrogen and oxygen atoms in total. The second kappa shape index (κ2) is 9.09. The van der Waals surface area contributed by atoms with E-state index in [0.29, 0.717) is 25.6 Å². The summed E-state index contributed by atoms with van der Waals surface area (Å²) in [4.78, 5) is 37.0. The van der Waals surface area contributed by atoms with Crippen molar-refractivity contribution in [2.75, 3.05) is 31.1 Å². The molecule has 2 N–H and O–H groups in total. The summed E-state index contributed by atoms with van der Waals surface area (Å²) in [5, 5.41) is 5.12. The lowest BCUT2D eigenvalue weighted by Crippen LogP contribution is -2.55.